The largest absolute Gasteiger partial charge is 0.376 e. The van der Waals surface area contributed by atoms with Crippen LogP contribution in [-0.4, -0.2) is 42.1 Å². The van der Waals surface area contributed by atoms with E-state index in [2.05, 4.69) is 4.98 Å². The van der Waals surface area contributed by atoms with Crippen LogP contribution in [-0.2, 0) is 4.74 Å². The van der Waals surface area contributed by atoms with Crippen molar-refractivity contribution in [3.8, 4) is 0 Å². The first kappa shape index (κ1) is 12.3. The number of carbonyl (C=O) groups excluding carboxylic acids is 1. The van der Waals surface area contributed by atoms with Gasteiger partial charge >= 0.3 is 0 Å². The number of hydrogen-bond donors (Lipinski definition) is 1. The van der Waals surface area contributed by atoms with Crippen LogP contribution in [0.15, 0.2) is 0 Å². The highest BCUT2D eigenvalue weighted by Gasteiger charge is 2.23. The quantitative estimate of drug-likeness (QED) is 0.883. The van der Waals surface area contributed by atoms with Gasteiger partial charge in [-0.3, -0.25) is 4.79 Å². The molecule has 5 nitrogen and oxygen atoms in total. The Labute approximate surface area is 105 Å². The van der Waals surface area contributed by atoms with Gasteiger partial charge in [0.2, 0.25) is 0 Å². The number of aromatic nitrogens is 1. The van der Waals surface area contributed by atoms with Crippen LogP contribution < -0.4 is 5.73 Å². The van der Waals surface area contributed by atoms with E-state index in [-0.39, 0.29) is 12.0 Å². The predicted molar refractivity (Wildman–Crippen MR) is 67.2 cm³/mol. The van der Waals surface area contributed by atoms with E-state index in [4.69, 9.17) is 10.5 Å². The molecule has 1 atom stereocenters. The van der Waals surface area contributed by atoms with Gasteiger partial charge in [0, 0.05) is 20.2 Å². The number of amides is 1. The number of rotatable bonds is 3. The van der Waals surface area contributed by atoms with Crippen LogP contribution in [0.2, 0.25) is 0 Å². The van der Waals surface area contributed by atoms with E-state index >= 15 is 0 Å². The molecular formula is C11H17N3O2S. The molecule has 1 unspecified atom stereocenters. The second-order valence-corrected chi connectivity index (χ2v) is 5.32. The zero-order chi connectivity index (χ0) is 12.4. The lowest BCUT2D eigenvalue weighted by Crippen LogP contribution is -2.33. The maximum Gasteiger partial charge on any atom is 0.265 e. The van der Waals surface area contributed by atoms with Gasteiger partial charge in [-0.2, -0.15) is 0 Å². The van der Waals surface area contributed by atoms with E-state index in [1.165, 1.54) is 11.3 Å². The van der Waals surface area contributed by atoms with Crippen LogP contribution in [0.1, 0.15) is 28.2 Å². The topological polar surface area (TPSA) is 68.5 Å². The van der Waals surface area contributed by atoms with Gasteiger partial charge < -0.3 is 15.4 Å². The monoisotopic (exact) mass is 255 g/mol. The van der Waals surface area contributed by atoms with Crippen LogP contribution in [0.4, 0.5) is 5.13 Å². The van der Waals surface area contributed by atoms with E-state index in [1.54, 1.807) is 18.9 Å². The van der Waals surface area contributed by atoms with E-state index in [0.717, 1.165) is 19.4 Å². The van der Waals surface area contributed by atoms with Gasteiger partial charge in [-0.1, -0.05) is 11.3 Å². The molecule has 0 aliphatic carbocycles. The van der Waals surface area contributed by atoms with Crippen LogP contribution >= 0.6 is 11.3 Å². The minimum absolute atomic E-state index is 0.0211. The van der Waals surface area contributed by atoms with E-state index < -0.39 is 0 Å². The lowest BCUT2D eigenvalue weighted by molar-refractivity contribution is 0.0590. The summed E-state index contributed by atoms with van der Waals surface area (Å²) in [5, 5.41) is 0.441. The highest BCUT2D eigenvalue weighted by atomic mass is 32.1. The predicted octanol–water partition coefficient (Wildman–Crippen LogP) is 1.28. The fraction of sp³-hybridized carbons (Fsp3) is 0.636. The standard InChI is InChI=1S/C11H17N3O2S/c1-7-9(17-11(12)13-7)10(15)14(2)6-8-4-3-5-16-8/h8H,3-6H2,1-2H3,(H2,12,13). The number of nitrogen functional groups attached to an aromatic ring is 1. The van der Waals surface area contributed by atoms with Crippen molar-refractivity contribution >= 4 is 22.4 Å². The minimum Gasteiger partial charge on any atom is -0.376 e. The van der Waals surface area contributed by atoms with Crippen LogP contribution in [0, 0.1) is 6.92 Å². The van der Waals surface area contributed by atoms with Crippen molar-refractivity contribution in [1.29, 1.82) is 0 Å². The van der Waals surface area contributed by atoms with E-state index in [0.29, 0.717) is 22.2 Å². The Balaban J connectivity index is 2.01. The molecule has 94 valence electrons. The Hall–Kier alpha value is -1.14. The molecule has 6 heteroatoms. The van der Waals surface area contributed by atoms with Crippen molar-refractivity contribution in [2.45, 2.75) is 25.9 Å². The van der Waals surface area contributed by atoms with Crippen LogP contribution in [0.25, 0.3) is 0 Å². The fourth-order valence-electron chi connectivity index (χ4n) is 1.97. The molecule has 0 spiro atoms. The molecule has 1 aliphatic rings. The molecule has 0 aromatic carbocycles. The van der Waals surface area contributed by atoms with Crippen LogP contribution in [0.5, 0.6) is 0 Å². The Bertz CT molecular complexity index is 413. The maximum absolute atomic E-state index is 12.2. The number of hydrogen-bond acceptors (Lipinski definition) is 5. The number of ether oxygens (including phenoxy) is 1. The molecule has 1 aliphatic heterocycles. The molecule has 1 amide bonds. The average Bonchev–Trinajstić information content (AvgIpc) is 2.87. The summed E-state index contributed by atoms with van der Waals surface area (Å²) < 4.78 is 5.51. The van der Waals surface area contributed by atoms with Crippen molar-refractivity contribution in [1.82, 2.24) is 9.88 Å². The lowest BCUT2D eigenvalue weighted by atomic mass is 10.2. The number of anilines is 1. The third-order valence-corrected chi connectivity index (χ3v) is 3.83. The van der Waals surface area contributed by atoms with Gasteiger partial charge in [-0.15, -0.1) is 0 Å². The van der Waals surface area contributed by atoms with Crippen molar-refractivity contribution < 1.29 is 9.53 Å². The molecule has 2 heterocycles. The number of nitrogens with two attached hydrogens (primary N) is 1. The molecule has 0 radical (unpaired) electrons. The minimum atomic E-state index is -0.0211. The Morgan fingerprint density at radius 1 is 1.71 bits per heavy atom. The number of thiazole rings is 1. The molecular weight excluding hydrogens is 238 g/mol. The van der Waals surface area contributed by atoms with Crippen molar-refractivity contribution in [2.75, 3.05) is 25.9 Å². The molecule has 0 bridgehead atoms. The van der Waals surface area contributed by atoms with Crippen LogP contribution in [0.3, 0.4) is 0 Å². The molecule has 17 heavy (non-hydrogen) atoms. The SMILES string of the molecule is Cc1nc(N)sc1C(=O)N(C)CC1CCCO1. The van der Waals surface area contributed by atoms with Gasteiger partial charge in [0.05, 0.1) is 11.8 Å². The summed E-state index contributed by atoms with van der Waals surface area (Å²) in [6, 6.07) is 0. The second-order valence-electron chi connectivity index (χ2n) is 4.29. The highest BCUT2D eigenvalue weighted by Crippen LogP contribution is 2.22. The third kappa shape index (κ3) is 2.76. The number of aryl methyl sites for hydroxylation is 1. The second kappa shape index (κ2) is 5.01. The third-order valence-electron chi connectivity index (χ3n) is 2.86. The highest BCUT2D eigenvalue weighted by molar-refractivity contribution is 7.17. The summed E-state index contributed by atoms with van der Waals surface area (Å²) in [6.45, 7) is 3.25. The molecule has 1 saturated heterocycles. The number of likely N-dealkylation sites (N-methyl/N-ethyl adjacent to an activating group) is 1. The number of carbonyl (C=O) groups is 1. The van der Waals surface area contributed by atoms with Gasteiger partial charge in [-0.05, 0) is 19.8 Å². The Morgan fingerprint density at radius 2 is 2.47 bits per heavy atom. The van der Waals surface area contributed by atoms with Gasteiger partial charge in [0.25, 0.3) is 5.91 Å². The Kier molecular flexibility index (Phi) is 3.63. The molecule has 1 fully saturated rings. The molecule has 0 saturated carbocycles. The molecule has 1 aromatic heterocycles. The number of nitrogens with zero attached hydrogens (tertiary/aromatic N) is 2. The summed E-state index contributed by atoms with van der Waals surface area (Å²) >= 11 is 1.24. The Morgan fingerprint density at radius 3 is 3.00 bits per heavy atom. The first-order valence-corrected chi connectivity index (χ1v) is 6.49. The summed E-state index contributed by atoms with van der Waals surface area (Å²) in [4.78, 5) is 18.5. The zero-order valence-corrected chi connectivity index (χ0v) is 10.9. The maximum atomic E-state index is 12.2. The van der Waals surface area contributed by atoms with Gasteiger partial charge in [0.1, 0.15) is 4.88 Å². The zero-order valence-electron chi connectivity index (χ0n) is 10.1. The summed E-state index contributed by atoms with van der Waals surface area (Å²) in [7, 11) is 1.79. The van der Waals surface area contributed by atoms with E-state index in [1.807, 2.05) is 0 Å². The average molecular weight is 255 g/mol. The van der Waals surface area contributed by atoms with Crippen molar-refractivity contribution in [3.05, 3.63) is 10.6 Å². The lowest BCUT2D eigenvalue weighted by Gasteiger charge is -2.20. The normalized spacial score (nSPS) is 19.5. The first-order chi connectivity index (χ1) is 8.08. The van der Waals surface area contributed by atoms with Crippen molar-refractivity contribution in [2.24, 2.45) is 0 Å². The van der Waals surface area contributed by atoms with E-state index in [9.17, 15) is 4.79 Å². The summed E-state index contributed by atoms with van der Waals surface area (Å²) in [5.41, 5.74) is 6.30. The molecule has 1 aromatic rings. The van der Waals surface area contributed by atoms with Gasteiger partial charge in [0.15, 0.2) is 5.13 Å². The fourth-order valence-corrected chi connectivity index (χ4v) is 2.79. The van der Waals surface area contributed by atoms with Gasteiger partial charge in [-0.25, -0.2) is 4.98 Å². The van der Waals surface area contributed by atoms with Crippen molar-refractivity contribution in [3.63, 3.8) is 0 Å². The molecule has 2 N–H and O–H groups in total. The first-order valence-electron chi connectivity index (χ1n) is 5.68. The smallest absolute Gasteiger partial charge is 0.265 e. The summed E-state index contributed by atoms with van der Waals surface area (Å²) in [6.07, 6.45) is 2.29. The summed E-state index contributed by atoms with van der Waals surface area (Å²) in [5.74, 6) is -0.0211. The molecule has 2 rings (SSSR count).